The minimum atomic E-state index is -1.73. The van der Waals surface area contributed by atoms with Crippen molar-refractivity contribution in [1.29, 1.82) is 0 Å². The molecular weight excluding hydrogens is 375 g/mol. The summed E-state index contributed by atoms with van der Waals surface area (Å²) in [6.07, 6.45) is 3.12. The third-order valence-electron chi connectivity index (χ3n) is 3.12. The molecule has 1 atom stereocenters. The molecule has 0 radical (unpaired) electrons. The molecule has 1 amide bonds. The molecule has 0 spiro atoms. The maximum absolute atomic E-state index is 13.2. The van der Waals surface area contributed by atoms with E-state index in [9.17, 15) is 13.7 Å². The summed E-state index contributed by atoms with van der Waals surface area (Å²) in [7, 11) is 1.49. The molecule has 2 heterocycles. The van der Waals surface area contributed by atoms with Gasteiger partial charge in [-0.15, -0.1) is 0 Å². The fraction of sp³-hybridized carbons (Fsp3) is 0.0714. The van der Waals surface area contributed by atoms with Crippen molar-refractivity contribution in [2.75, 3.05) is 12.4 Å². The normalized spacial score (nSPS) is 17.3. The second kappa shape index (κ2) is 6.89. The molecule has 10 heteroatoms. The van der Waals surface area contributed by atoms with Crippen LogP contribution < -0.4 is 5.32 Å². The third-order valence-corrected chi connectivity index (χ3v) is 5.20. The lowest BCUT2D eigenvalue weighted by molar-refractivity contribution is -0.113. The standard InChI is InChI=1S/C14H10ClFN4O2S2/c1-20-12(7-11(19-24(20)22)13-4-5-17-23-13)14(21)18-8-2-3-10(16)9(15)6-8/h2-7H,1H3,(H,18,21). The van der Waals surface area contributed by atoms with Gasteiger partial charge in [-0.3, -0.25) is 4.79 Å². The summed E-state index contributed by atoms with van der Waals surface area (Å²) in [5, 5.41) is 2.49. The Morgan fingerprint density at radius 1 is 1.46 bits per heavy atom. The number of allylic oxidation sites excluding steroid dienone is 1. The maximum atomic E-state index is 13.2. The number of rotatable bonds is 3. The van der Waals surface area contributed by atoms with E-state index in [1.807, 2.05) is 0 Å². The Labute approximate surface area is 149 Å². The van der Waals surface area contributed by atoms with Crippen molar-refractivity contribution in [3.05, 3.63) is 58.0 Å². The predicted molar refractivity (Wildman–Crippen MR) is 92.7 cm³/mol. The van der Waals surface area contributed by atoms with Crippen LogP contribution in [-0.4, -0.2) is 31.9 Å². The molecule has 124 valence electrons. The number of amides is 1. The van der Waals surface area contributed by atoms with Gasteiger partial charge in [0.25, 0.3) is 5.91 Å². The number of nitrogens with zero attached hydrogens (tertiary/aromatic N) is 3. The number of halogens is 2. The van der Waals surface area contributed by atoms with Crippen LogP contribution in [-0.2, 0) is 16.3 Å². The van der Waals surface area contributed by atoms with Gasteiger partial charge in [-0.25, -0.2) is 8.76 Å². The van der Waals surface area contributed by atoms with Gasteiger partial charge in [-0.1, -0.05) is 11.6 Å². The quantitative estimate of drug-likeness (QED) is 0.825. The lowest BCUT2D eigenvalue weighted by Crippen LogP contribution is -2.35. The fourth-order valence-corrected chi connectivity index (χ4v) is 3.46. The van der Waals surface area contributed by atoms with Gasteiger partial charge in [0.05, 0.1) is 16.9 Å². The molecule has 0 saturated carbocycles. The second-order valence-electron chi connectivity index (χ2n) is 4.69. The zero-order chi connectivity index (χ0) is 17.3. The number of hydrogen-bond donors (Lipinski definition) is 1. The van der Waals surface area contributed by atoms with Gasteiger partial charge >= 0.3 is 0 Å². The molecule has 0 saturated heterocycles. The van der Waals surface area contributed by atoms with Gasteiger partial charge < -0.3 is 9.87 Å². The predicted octanol–water partition coefficient (Wildman–Crippen LogP) is 2.77. The highest BCUT2D eigenvalue weighted by atomic mass is 35.5. The van der Waals surface area contributed by atoms with E-state index in [0.717, 1.165) is 6.07 Å². The first kappa shape index (κ1) is 16.9. The zero-order valence-corrected chi connectivity index (χ0v) is 14.6. The molecule has 2 aromatic rings. The van der Waals surface area contributed by atoms with Crippen LogP contribution in [0.25, 0.3) is 0 Å². The molecule has 1 aliphatic rings. The molecule has 1 unspecified atom stereocenters. The fourth-order valence-electron chi connectivity index (χ4n) is 1.92. The number of carbonyl (C=O) groups is 1. The molecular formula is C14H10ClFN4O2S2. The van der Waals surface area contributed by atoms with Crippen LogP contribution in [0.4, 0.5) is 10.1 Å². The van der Waals surface area contributed by atoms with Gasteiger partial charge in [-0.05, 0) is 40.2 Å². The number of hydrogen-bond acceptors (Lipinski definition) is 6. The van der Waals surface area contributed by atoms with Crippen LogP contribution >= 0.6 is 23.1 Å². The first-order valence-electron chi connectivity index (χ1n) is 6.59. The van der Waals surface area contributed by atoms with Gasteiger partial charge in [-0.2, -0.15) is 4.31 Å². The number of nitrogens with one attached hydrogen (secondary N) is 1. The Kier molecular flexibility index (Phi) is 4.86. The third kappa shape index (κ3) is 3.44. The summed E-state index contributed by atoms with van der Waals surface area (Å²) < 4.78 is 34.5. The summed E-state index contributed by atoms with van der Waals surface area (Å²) in [6.45, 7) is 0. The average molecular weight is 385 g/mol. The summed E-state index contributed by atoms with van der Waals surface area (Å²) in [5.41, 5.74) is 0.900. The van der Waals surface area contributed by atoms with E-state index in [0.29, 0.717) is 16.3 Å². The van der Waals surface area contributed by atoms with Crippen molar-refractivity contribution in [3.8, 4) is 0 Å². The molecule has 3 rings (SSSR count). The Morgan fingerprint density at radius 2 is 2.25 bits per heavy atom. The minimum absolute atomic E-state index is 0.103. The van der Waals surface area contributed by atoms with Crippen molar-refractivity contribution in [3.63, 3.8) is 0 Å². The van der Waals surface area contributed by atoms with Crippen molar-refractivity contribution in [2.45, 2.75) is 0 Å². The van der Waals surface area contributed by atoms with Crippen LogP contribution in [0.1, 0.15) is 4.88 Å². The minimum Gasteiger partial charge on any atom is -0.566 e. The SMILES string of the molecule is CN1C(C(=O)Nc2ccc(F)c(Cl)c2)=CC(c2ccns2)=N[S+]1[O-]. The Balaban J connectivity index is 1.87. The Morgan fingerprint density at radius 3 is 2.92 bits per heavy atom. The molecule has 0 fully saturated rings. The van der Waals surface area contributed by atoms with E-state index in [2.05, 4.69) is 14.1 Å². The average Bonchev–Trinajstić information content (AvgIpc) is 3.08. The Bertz CT molecular complexity index is 841. The summed E-state index contributed by atoms with van der Waals surface area (Å²) in [4.78, 5) is 13.2. The van der Waals surface area contributed by atoms with Crippen LogP contribution in [0.15, 0.2) is 46.6 Å². The highest BCUT2D eigenvalue weighted by Crippen LogP contribution is 2.23. The first-order chi connectivity index (χ1) is 11.5. The number of anilines is 1. The molecule has 1 aromatic heterocycles. The summed E-state index contributed by atoms with van der Waals surface area (Å²) in [6, 6.07) is 5.56. The molecule has 24 heavy (non-hydrogen) atoms. The highest BCUT2D eigenvalue weighted by molar-refractivity contribution is 7.88. The van der Waals surface area contributed by atoms with Crippen molar-refractivity contribution in [1.82, 2.24) is 8.68 Å². The van der Waals surface area contributed by atoms with E-state index < -0.39 is 23.3 Å². The van der Waals surface area contributed by atoms with Crippen LogP contribution in [0.5, 0.6) is 0 Å². The topological polar surface area (TPSA) is 80.7 Å². The molecule has 1 aromatic carbocycles. The van der Waals surface area contributed by atoms with Gasteiger partial charge in [0, 0.05) is 18.0 Å². The van der Waals surface area contributed by atoms with E-state index in [1.165, 1.54) is 41.1 Å². The van der Waals surface area contributed by atoms with Crippen molar-refractivity contribution >= 4 is 52.0 Å². The number of benzene rings is 1. The lowest BCUT2D eigenvalue weighted by atomic mass is 10.2. The van der Waals surface area contributed by atoms with Crippen LogP contribution in [0.2, 0.25) is 5.02 Å². The van der Waals surface area contributed by atoms with E-state index in [4.69, 9.17) is 11.6 Å². The van der Waals surface area contributed by atoms with E-state index >= 15 is 0 Å². The zero-order valence-electron chi connectivity index (χ0n) is 12.2. The van der Waals surface area contributed by atoms with E-state index in [1.54, 1.807) is 12.3 Å². The highest BCUT2D eigenvalue weighted by Gasteiger charge is 2.30. The maximum Gasteiger partial charge on any atom is 0.276 e. The number of likely N-dealkylation sites (N-methyl/N-ethyl adjacent to an activating group) is 1. The van der Waals surface area contributed by atoms with Crippen LogP contribution in [0.3, 0.4) is 0 Å². The first-order valence-corrected chi connectivity index (χ1v) is 8.81. The number of carbonyl (C=O) groups excluding carboxylic acids is 1. The van der Waals surface area contributed by atoms with E-state index in [-0.39, 0.29) is 10.7 Å². The molecule has 0 bridgehead atoms. The van der Waals surface area contributed by atoms with Crippen molar-refractivity contribution < 1.29 is 13.7 Å². The monoisotopic (exact) mass is 384 g/mol. The smallest absolute Gasteiger partial charge is 0.276 e. The van der Waals surface area contributed by atoms with Crippen LogP contribution in [0, 0.1) is 5.82 Å². The molecule has 1 aliphatic heterocycles. The summed E-state index contributed by atoms with van der Waals surface area (Å²) in [5.74, 6) is -1.09. The lowest BCUT2D eigenvalue weighted by Gasteiger charge is -2.23. The summed E-state index contributed by atoms with van der Waals surface area (Å²) >= 11 is 5.15. The molecule has 1 N–H and O–H groups in total. The van der Waals surface area contributed by atoms with Crippen molar-refractivity contribution in [2.24, 2.45) is 4.40 Å². The van der Waals surface area contributed by atoms with Gasteiger partial charge in [0.1, 0.15) is 11.5 Å². The Hall–Kier alpha value is -1.94. The largest absolute Gasteiger partial charge is 0.566 e. The molecule has 0 aliphatic carbocycles. The van der Waals surface area contributed by atoms with Gasteiger partial charge in [0.15, 0.2) is 5.70 Å². The van der Waals surface area contributed by atoms with Gasteiger partial charge in [0.2, 0.25) is 11.5 Å². The number of aromatic nitrogens is 1. The molecule has 6 nitrogen and oxygen atoms in total. The second-order valence-corrected chi connectivity index (χ2v) is 7.13.